The number of esters is 1. The predicted molar refractivity (Wildman–Crippen MR) is 128 cm³/mol. The van der Waals surface area contributed by atoms with Crippen LogP contribution in [-0.4, -0.2) is 37.5 Å². The number of hydrogen-bond donors (Lipinski definition) is 2. The molecule has 1 fully saturated rings. The number of amides is 1. The monoisotopic (exact) mass is 502 g/mol. The first kappa shape index (κ1) is 23.4. The van der Waals surface area contributed by atoms with E-state index < -0.39 is 23.4 Å². The summed E-state index contributed by atoms with van der Waals surface area (Å²) < 4.78 is 5.94. The molecule has 3 aromatic rings. The van der Waals surface area contributed by atoms with E-state index in [2.05, 4.69) is 9.97 Å². The van der Waals surface area contributed by atoms with Crippen LogP contribution in [0.3, 0.4) is 0 Å². The summed E-state index contributed by atoms with van der Waals surface area (Å²) in [6.45, 7) is 0. The van der Waals surface area contributed by atoms with Gasteiger partial charge in [0.15, 0.2) is 6.10 Å². The SMILES string of the molecule is Cl.NC1S[C@@H]2C(c3ncc[nH]3)C(=O)N2C(C(=O)OC(c2ccccc2)c2ccccc2)=C1Cl. The summed E-state index contributed by atoms with van der Waals surface area (Å²) in [4.78, 5) is 34.9. The summed E-state index contributed by atoms with van der Waals surface area (Å²) in [5.41, 5.74) is 7.80. The number of aromatic amines is 1. The second kappa shape index (κ2) is 9.61. The first-order valence-corrected chi connectivity index (χ1v) is 11.3. The van der Waals surface area contributed by atoms with Crippen molar-refractivity contribution in [1.29, 1.82) is 0 Å². The molecule has 33 heavy (non-hydrogen) atoms. The topological polar surface area (TPSA) is 101 Å². The summed E-state index contributed by atoms with van der Waals surface area (Å²) in [5, 5.41) is -0.944. The van der Waals surface area contributed by atoms with E-state index in [1.807, 2.05) is 60.7 Å². The molecule has 2 unspecified atom stereocenters. The lowest BCUT2D eigenvalue weighted by Crippen LogP contribution is -2.61. The Balaban J connectivity index is 0.00000259. The van der Waals surface area contributed by atoms with Crippen molar-refractivity contribution >= 4 is 47.6 Å². The molecule has 2 aliphatic heterocycles. The fourth-order valence-corrected chi connectivity index (χ4v) is 5.53. The number of fused-ring (bicyclic) bond motifs is 1. The van der Waals surface area contributed by atoms with Crippen molar-refractivity contribution in [1.82, 2.24) is 14.9 Å². The van der Waals surface area contributed by atoms with E-state index in [9.17, 15) is 9.59 Å². The highest BCUT2D eigenvalue weighted by Crippen LogP contribution is 2.50. The van der Waals surface area contributed by atoms with Crippen LogP contribution in [0.15, 0.2) is 83.8 Å². The Labute approximate surface area is 205 Å². The molecule has 2 aromatic carbocycles. The number of ether oxygens (including phenoxy) is 1. The number of carbonyl (C=O) groups is 2. The minimum absolute atomic E-state index is 0. The third-order valence-electron chi connectivity index (χ3n) is 5.48. The quantitative estimate of drug-likeness (QED) is 0.405. The lowest BCUT2D eigenvalue weighted by atomic mass is 9.95. The van der Waals surface area contributed by atoms with Gasteiger partial charge in [-0.1, -0.05) is 72.3 Å². The summed E-state index contributed by atoms with van der Waals surface area (Å²) >= 11 is 7.76. The van der Waals surface area contributed by atoms with E-state index >= 15 is 0 Å². The maximum atomic E-state index is 13.4. The van der Waals surface area contributed by atoms with Crippen LogP contribution >= 0.6 is 35.8 Å². The second-order valence-corrected chi connectivity index (χ2v) is 9.08. The van der Waals surface area contributed by atoms with Gasteiger partial charge in [-0.25, -0.2) is 9.78 Å². The zero-order valence-corrected chi connectivity index (χ0v) is 19.5. The molecule has 7 nitrogen and oxygen atoms in total. The average molecular weight is 503 g/mol. The number of aromatic nitrogens is 2. The van der Waals surface area contributed by atoms with Crippen molar-refractivity contribution in [3.05, 3.63) is 101 Å². The molecule has 0 saturated carbocycles. The Kier molecular flexibility index (Phi) is 6.81. The Morgan fingerprint density at radius 3 is 2.27 bits per heavy atom. The molecule has 3 atom stereocenters. The van der Waals surface area contributed by atoms with Gasteiger partial charge in [-0.05, 0) is 11.1 Å². The van der Waals surface area contributed by atoms with E-state index in [1.54, 1.807) is 12.4 Å². The van der Waals surface area contributed by atoms with Gasteiger partial charge in [0.2, 0.25) is 5.91 Å². The normalized spacial score (nSPS) is 21.8. The van der Waals surface area contributed by atoms with Crippen molar-refractivity contribution in [2.75, 3.05) is 0 Å². The fraction of sp³-hybridized carbons (Fsp3) is 0.174. The van der Waals surface area contributed by atoms with Gasteiger partial charge in [0.05, 0.1) is 10.4 Å². The molecule has 2 aliphatic rings. The van der Waals surface area contributed by atoms with Gasteiger partial charge in [0, 0.05) is 12.4 Å². The van der Waals surface area contributed by atoms with Gasteiger partial charge in [-0.3, -0.25) is 9.69 Å². The Morgan fingerprint density at radius 2 is 1.73 bits per heavy atom. The Morgan fingerprint density at radius 1 is 1.12 bits per heavy atom. The number of rotatable bonds is 5. The second-order valence-electron chi connectivity index (χ2n) is 7.41. The van der Waals surface area contributed by atoms with Crippen LogP contribution in [-0.2, 0) is 14.3 Å². The zero-order chi connectivity index (χ0) is 22.2. The molecule has 1 saturated heterocycles. The maximum Gasteiger partial charge on any atom is 0.357 e. The standard InChI is InChI=1S/C23H19ClN4O3S.ClH/c24-16-17(28-21(29)15(20-26-11-12-27-20)22(28)32-19(16)25)23(30)31-18(13-7-3-1-4-8-13)14-9-5-2-6-10-14;/h1-12,15,18-19,22H,25H2,(H,26,27);1H/t15?,19?,22-;/m1./s1. The Hall–Kier alpha value is -2.78. The Bertz CT molecular complexity index is 1140. The zero-order valence-electron chi connectivity index (χ0n) is 17.1. The smallest absolute Gasteiger partial charge is 0.357 e. The number of H-pyrrole nitrogens is 1. The molecule has 3 N–H and O–H groups in total. The number of nitrogens with zero attached hydrogens (tertiary/aromatic N) is 2. The summed E-state index contributed by atoms with van der Waals surface area (Å²) in [7, 11) is 0. The molecule has 10 heteroatoms. The van der Waals surface area contributed by atoms with Gasteiger partial charge in [0.25, 0.3) is 0 Å². The lowest BCUT2D eigenvalue weighted by molar-refractivity contribution is -0.153. The number of thioether (sulfide) groups is 1. The first-order valence-electron chi connectivity index (χ1n) is 10.00. The highest BCUT2D eigenvalue weighted by atomic mass is 35.5. The van der Waals surface area contributed by atoms with Crippen molar-refractivity contribution in [3.8, 4) is 0 Å². The molecule has 0 spiro atoms. The molecule has 170 valence electrons. The third kappa shape index (κ3) is 4.15. The van der Waals surface area contributed by atoms with Crippen LogP contribution in [0, 0.1) is 0 Å². The van der Waals surface area contributed by atoms with E-state index in [0.717, 1.165) is 11.1 Å². The molecular weight excluding hydrogens is 483 g/mol. The van der Waals surface area contributed by atoms with Gasteiger partial charge in [-0.2, -0.15) is 0 Å². The van der Waals surface area contributed by atoms with Gasteiger partial charge in [0.1, 0.15) is 22.8 Å². The summed E-state index contributed by atoms with van der Waals surface area (Å²) in [6.07, 6.45) is 2.57. The van der Waals surface area contributed by atoms with Gasteiger partial charge in [-0.15, -0.1) is 24.2 Å². The minimum atomic E-state index is -0.695. The molecule has 0 bridgehead atoms. The third-order valence-corrected chi connectivity index (χ3v) is 7.32. The van der Waals surface area contributed by atoms with Crippen LogP contribution in [0.5, 0.6) is 0 Å². The van der Waals surface area contributed by atoms with Gasteiger partial charge < -0.3 is 15.5 Å². The molecule has 1 aromatic heterocycles. The molecule has 5 rings (SSSR count). The lowest BCUT2D eigenvalue weighted by Gasteiger charge is -2.49. The number of hydrogen-bond acceptors (Lipinski definition) is 6. The highest BCUT2D eigenvalue weighted by molar-refractivity contribution is 8.00. The molecular formula is C23H20Cl2N4O3S. The number of β-lactam (4-membered cyclic amide) rings is 1. The summed E-state index contributed by atoms with van der Waals surface area (Å²) in [6, 6.07) is 18.8. The van der Waals surface area contributed by atoms with E-state index in [1.165, 1.54) is 16.7 Å². The maximum absolute atomic E-state index is 13.4. The highest BCUT2D eigenvalue weighted by Gasteiger charge is 2.57. The molecule has 0 aliphatic carbocycles. The van der Waals surface area contributed by atoms with Crippen molar-refractivity contribution in [2.45, 2.75) is 22.8 Å². The first-order chi connectivity index (χ1) is 15.6. The van der Waals surface area contributed by atoms with E-state index in [0.29, 0.717) is 5.82 Å². The molecule has 3 heterocycles. The number of carbonyl (C=O) groups excluding carboxylic acids is 2. The van der Waals surface area contributed by atoms with E-state index in [4.69, 9.17) is 22.1 Å². The van der Waals surface area contributed by atoms with Crippen LogP contribution in [0.25, 0.3) is 0 Å². The average Bonchev–Trinajstić information content (AvgIpc) is 3.34. The van der Waals surface area contributed by atoms with Crippen LogP contribution < -0.4 is 5.73 Å². The van der Waals surface area contributed by atoms with Crippen molar-refractivity contribution < 1.29 is 14.3 Å². The minimum Gasteiger partial charge on any atom is -0.448 e. The van der Waals surface area contributed by atoms with Crippen LogP contribution in [0.1, 0.15) is 29.0 Å². The fourth-order valence-electron chi connectivity index (χ4n) is 3.94. The number of benzene rings is 2. The van der Waals surface area contributed by atoms with Crippen molar-refractivity contribution in [2.24, 2.45) is 5.73 Å². The van der Waals surface area contributed by atoms with Crippen LogP contribution in [0.2, 0.25) is 0 Å². The largest absolute Gasteiger partial charge is 0.448 e. The number of nitrogens with two attached hydrogens (primary N) is 1. The molecule has 1 amide bonds. The predicted octanol–water partition coefficient (Wildman–Crippen LogP) is 3.90. The van der Waals surface area contributed by atoms with E-state index in [-0.39, 0.29) is 34.4 Å². The molecule has 0 radical (unpaired) electrons. The summed E-state index contributed by atoms with van der Waals surface area (Å²) in [5.74, 6) is -0.953. The number of imidazole rings is 1. The van der Waals surface area contributed by atoms with Crippen LogP contribution in [0.4, 0.5) is 0 Å². The van der Waals surface area contributed by atoms with Crippen molar-refractivity contribution in [3.63, 3.8) is 0 Å². The number of nitrogens with one attached hydrogen (secondary N) is 1. The van der Waals surface area contributed by atoms with Gasteiger partial charge >= 0.3 is 5.97 Å². The number of halogens is 2.